The van der Waals surface area contributed by atoms with Gasteiger partial charge < -0.3 is 5.11 Å². The third-order valence-corrected chi connectivity index (χ3v) is 9.34. The molecule has 4 rings (SSSR count). The lowest BCUT2D eigenvalue weighted by molar-refractivity contribution is -0.133. The number of hydrogen-bond donors (Lipinski definition) is 1. The van der Waals surface area contributed by atoms with E-state index >= 15 is 0 Å². The fourth-order valence-electron chi connectivity index (χ4n) is 7.23. The third kappa shape index (κ3) is 2.45. The molecule has 0 saturated heterocycles. The molecule has 1 N–H and O–H groups in total. The van der Waals surface area contributed by atoms with Crippen molar-refractivity contribution in [3.8, 4) is 0 Å². The van der Waals surface area contributed by atoms with Crippen molar-refractivity contribution in [3.63, 3.8) is 0 Å². The van der Waals surface area contributed by atoms with Gasteiger partial charge in [0.15, 0.2) is 5.78 Å². The normalized spacial score (nSPS) is 49.0. The topological polar surface area (TPSA) is 54.4 Å². The van der Waals surface area contributed by atoms with Crippen LogP contribution < -0.4 is 0 Å². The number of ketones is 2. The summed E-state index contributed by atoms with van der Waals surface area (Å²) in [7, 11) is 0. The highest BCUT2D eigenvalue weighted by Gasteiger charge is 2.61. The van der Waals surface area contributed by atoms with E-state index in [1.54, 1.807) is 0 Å². The predicted molar refractivity (Wildman–Crippen MR) is 105 cm³/mol. The molecule has 4 aliphatic rings. The maximum Gasteiger partial charge on any atom is 0.158 e. The van der Waals surface area contributed by atoms with Gasteiger partial charge in [-0.15, -0.1) is 0 Å². The van der Waals surface area contributed by atoms with Crippen LogP contribution in [0.25, 0.3) is 0 Å². The van der Waals surface area contributed by atoms with E-state index in [2.05, 4.69) is 36.4 Å². The quantitative estimate of drug-likeness (QED) is 0.503. The highest BCUT2D eigenvalue weighted by atomic mass is 127. The van der Waals surface area contributed by atoms with Gasteiger partial charge in [-0.3, -0.25) is 9.59 Å². The van der Waals surface area contributed by atoms with Crippen molar-refractivity contribution in [3.05, 3.63) is 11.6 Å². The van der Waals surface area contributed by atoms with Crippen LogP contribution in [0.15, 0.2) is 11.6 Å². The number of carbonyl (C=O) groups excluding carboxylic acids is 2. The highest BCUT2D eigenvalue weighted by Crippen LogP contribution is 2.66. The Balaban J connectivity index is 1.67. The fourth-order valence-corrected chi connectivity index (χ4v) is 7.76. The number of hydrogen-bond acceptors (Lipinski definition) is 3. The van der Waals surface area contributed by atoms with Gasteiger partial charge >= 0.3 is 0 Å². The Kier molecular flexibility index (Phi) is 4.46. The van der Waals surface area contributed by atoms with Crippen LogP contribution in [0.5, 0.6) is 0 Å². The summed E-state index contributed by atoms with van der Waals surface area (Å²) in [5.41, 5.74) is 1.11. The Bertz CT molecular complexity index is 641. The van der Waals surface area contributed by atoms with E-state index in [4.69, 9.17) is 0 Å². The summed E-state index contributed by atoms with van der Waals surface area (Å²) >= 11 is 2.22. The molecule has 0 spiro atoms. The van der Waals surface area contributed by atoms with E-state index in [0.717, 1.165) is 38.5 Å². The Labute approximate surface area is 164 Å². The molecule has 0 radical (unpaired) electrons. The standard InChI is InChI=1S/C21H29IO3/c1-20-8-7-16-14(15(20)5-6-17(20)18(24)11-22)4-3-12-9-13(23)10-19(25)21(12,16)2/h9,14-17,19,25H,3-8,10-11H2,1-2H3/t14-,15-,16-,17+,19?,20-,21-/m0/s1. The number of aliphatic hydroxyl groups is 1. The number of Topliss-reactive ketones (excluding diaryl/α,β-unsaturated/α-hetero) is 1. The molecule has 1 unspecified atom stereocenters. The molecule has 0 aromatic carbocycles. The van der Waals surface area contributed by atoms with Crippen LogP contribution in [0.3, 0.4) is 0 Å². The van der Waals surface area contributed by atoms with Crippen LogP contribution >= 0.6 is 22.6 Å². The molecule has 0 aromatic rings. The second-order valence-corrected chi connectivity index (χ2v) is 10.1. The summed E-state index contributed by atoms with van der Waals surface area (Å²) in [6.07, 6.45) is 8.04. The first-order valence-corrected chi connectivity index (χ1v) is 11.4. The molecule has 25 heavy (non-hydrogen) atoms. The number of carbonyl (C=O) groups is 2. The molecule has 4 aliphatic carbocycles. The lowest BCUT2D eigenvalue weighted by atomic mass is 9.46. The first-order valence-electron chi connectivity index (χ1n) is 9.83. The van der Waals surface area contributed by atoms with Crippen LogP contribution in [0, 0.1) is 34.5 Å². The fraction of sp³-hybridized carbons (Fsp3) is 0.810. The summed E-state index contributed by atoms with van der Waals surface area (Å²) in [6, 6.07) is 0. The molecule has 0 aromatic heterocycles. The lowest BCUT2D eigenvalue weighted by Gasteiger charge is -2.59. The van der Waals surface area contributed by atoms with Crippen molar-refractivity contribution in [2.45, 2.75) is 64.9 Å². The second-order valence-electron chi connectivity index (χ2n) is 9.33. The average molecular weight is 456 g/mol. The summed E-state index contributed by atoms with van der Waals surface area (Å²) < 4.78 is 0.629. The van der Waals surface area contributed by atoms with Crippen molar-refractivity contribution < 1.29 is 14.7 Å². The van der Waals surface area contributed by atoms with Gasteiger partial charge in [0.2, 0.25) is 0 Å². The minimum absolute atomic E-state index is 0.0904. The van der Waals surface area contributed by atoms with Crippen molar-refractivity contribution in [1.29, 1.82) is 0 Å². The Hall–Kier alpha value is -0.230. The molecule has 0 amide bonds. The van der Waals surface area contributed by atoms with Crippen LogP contribution in [-0.2, 0) is 9.59 Å². The Morgan fingerprint density at radius 1 is 1.24 bits per heavy atom. The second kappa shape index (κ2) is 6.15. The van der Waals surface area contributed by atoms with Crippen molar-refractivity contribution in [2.75, 3.05) is 4.43 Å². The molecule has 3 saturated carbocycles. The molecule has 7 atom stereocenters. The molecule has 138 valence electrons. The monoisotopic (exact) mass is 456 g/mol. The molecule has 0 bridgehead atoms. The average Bonchev–Trinajstić information content (AvgIpc) is 2.93. The first-order chi connectivity index (χ1) is 11.8. The van der Waals surface area contributed by atoms with Crippen LogP contribution in [0.4, 0.5) is 0 Å². The number of fused-ring (bicyclic) bond motifs is 5. The van der Waals surface area contributed by atoms with E-state index in [1.165, 1.54) is 5.57 Å². The summed E-state index contributed by atoms with van der Waals surface area (Å²) in [6.45, 7) is 4.57. The number of aliphatic hydroxyl groups excluding tert-OH is 1. The number of alkyl halides is 1. The van der Waals surface area contributed by atoms with Crippen LogP contribution in [0.1, 0.15) is 58.8 Å². The molecule has 4 heteroatoms. The van der Waals surface area contributed by atoms with E-state index in [1.807, 2.05) is 6.08 Å². The van der Waals surface area contributed by atoms with Gasteiger partial charge in [-0.05, 0) is 67.8 Å². The van der Waals surface area contributed by atoms with Crippen molar-refractivity contribution >= 4 is 34.2 Å². The molecular formula is C21H29IO3. The zero-order valence-corrected chi connectivity index (χ0v) is 17.4. The minimum atomic E-state index is -0.537. The number of rotatable bonds is 2. The smallest absolute Gasteiger partial charge is 0.158 e. The predicted octanol–water partition coefficient (Wildman–Crippen LogP) is 4.11. The van der Waals surface area contributed by atoms with Crippen LogP contribution in [0.2, 0.25) is 0 Å². The van der Waals surface area contributed by atoms with Crippen molar-refractivity contribution in [2.24, 2.45) is 34.5 Å². The third-order valence-electron chi connectivity index (χ3n) is 8.59. The van der Waals surface area contributed by atoms with Crippen molar-refractivity contribution in [1.82, 2.24) is 0 Å². The maximum absolute atomic E-state index is 12.5. The molecular weight excluding hydrogens is 427 g/mol. The van der Waals surface area contributed by atoms with Gasteiger partial charge in [-0.2, -0.15) is 0 Å². The lowest BCUT2D eigenvalue weighted by Crippen LogP contribution is -2.55. The van der Waals surface area contributed by atoms with Gasteiger partial charge in [0.1, 0.15) is 5.78 Å². The number of halogens is 1. The summed E-state index contributed by atoms with van der Waals surface area (Å²) in [5.74, 6) is 2.42. The molecule has 0 aliphatic heterocycles. The van der Waals surface area contributed by atoms with E-state index in [0.29, 0.717) is 28.0 Å². The zero-order chi connectivity index (χ0) is 18.0. The van der Waals surface area contributed by atoms with E-state index < -0.39 is 6.10 Å². The molecule has 3 fully saturated rings. The summed E-state index contributed by atoms with van der Waals surface area (Å²) in [5, 5.41) is 10.8. The zero-order valence-electron chi connectivity index (χ0n) is 15.3. The SMILES string of the molecule is C[C@]12CC[C@H]3[C@@H](CCC4=CC(=O)CC(O)[C@@]43C)[C@@H]1CC[C@@H]2C(=O)CI. The van der Waals surface area contributed by atoms with E-state index in [9.17, 15) is 14.7 Å². The van der Waals surface area contributed by atoms with E-state index in [-0.39, 0.29) is 29.0 Å². The highest BCUT2D eigenvalue weighted by molar-refractivity contribution is 14.1. The van der Waals surface area contributed by atoms with Crippen LogP contribution in [-0.4, -0.2) is 27.2 Å². The Morgan fingerprint density at radius 3 is 2.72 bits per heavy atom. The Morgan fingerprint density at radius 2 is 2.00 bits per heavy atom. The first kappa shape index (κ1) is 18.1. The minimum Gasteiger partial charge on any atom is -0.392 e. The van der Waals surface area contributed by atoms with Gasteiger partial charge in [-0.1, -0.05) is 42.0 Å². The summed E-state index contributed by atoms with van der Waals surface area (Å²) in [4.78, 5) is 24.5. The van der Waals surface area contributed by atoms with Gasteiger partial charge in [0, 0.05) is 17.8 Å². The maximum atomic E-state index is 12.5. The van der Waals surface area contributed by atoms with Gasteiger partial charge in [-0.25, -0.2) is 0 Å². The van der Waals surface area contributed by atoms with Gasteiger partial charge in [0.05, 0.1) is 10.5 Å². The molecule has 0 heterocycles. The molecule has 3 nitrogen and oxygen atoms in total. The largest absolute Gasteiger partial charge is 0.392 e. The van der Waals surface area contributed by atoms with Gasteiger partial charge in [0.25, 0.3) is 0 Å².